The maximum absolute atomic E-state index is 14.0. The first-order chi connectivity index (χ1) is 21.3. The first-order valence-corrected chi connectivity index (χ1v) is 16.4. The van der Waals surface area contributed by atoms with E-state index in [1.165, 1.54) is 29.9 Å². The summed E-state index contributed by atoms with van der Waals surface area (Å²) in [6.07, 6.45) is 2.44. The van der Waals surface area contributed by atoms with Gasteiger partial charge in [0.15, 0.2) is 0 Å². The molecule has 5 rings (SSSR count). The monoisotopic (exact) mass is 646 g/mol. The number of pyridine rings is 2. The maximum Gasteiger partial charge on any atom is 0.416 e. The number of anilines is 1. The van der Waals surface area contributed by atoms with Gasteiger partial charge in [0, 0.05) is 44.1 Å². The van der Waals surface area contributed by atoms with Gasteiger partial charge in [-0.05, 0) is 104 Å². The summed E-state index contributed by atoms with van der Waals surface area (Å²) in [4.78, 5) is 24.2. The lowest BCUT2D eigenvalue weighted by Gasteiger charge is -2.36. The molecular weight excluding hydrogens is 609 g/mol. The third kappa shape index (κ3) is 7.64. The number of aryl methyl sites for hydroxylation is 1. The van der Waals surface area contributed by atoms with Crippen LogP contribution in [0.1, 0.15) is 49.7 Å². The van der Waals surface area contributed by atoms with Crippen LogP contribution in [-0.4, -0.2) is 66.6 Å². The highest BCUT2D eigenvalue weighted by atomic mass is 32.2. The van der Waals surface area contributed by atoms with Crippen LogP contribution in [-0.2, 0) is 21.0 Å². The van der Waals surface area contributed by atoms with Gasteiger partial charge in [-0.3, -0.25) is 14.7 Å². The molecule has 3 heterocycles. The lowest BCUT2D eigenvalue weighted by Crippen LogP contribution is -2.45. The van der Waals surface area contributed by atoms with Crippen molar-refractivity contribution >= 4 is 21.7 Å². The Bertz CT molecular complexity index is 1620. The molecular formula is C32H37F3N4O5S. The van der Waals surface area contributed by atoms with Crippen LogP contribution in [0.3, 0.4) is 0 Å². The quantitative estimate of drug-likeness (QED) is 0.346. The van der Waals surface area contributed by atoms with Crippen molar-refractivity contribution in [3.8, 4) is 16.9 Å². The van der Waals surface area contributed by atoms with Crippen LogP contribution in [0.25, 0.3) is 11.1 Å². The number of nitrogens with zero attached hydrogens (tertiary/aromatic N) is 4. The smallest absolute Gasteiger partial charge is 0.416 e. The Morgan fingerprint density at radius 2 is 1.73 bits per heavy atom. The van der Waals surface area contributed by atoms with E-state index in [-0.39, 0.29) is 53.6 Å². The van der Waals surface area contributed by atoms with Crippen molar-refractivity contribution in [3.05, 3.63) is 66.1 Å². The fraction of sp³-hybridized carbons (Fsp3) is 0.469. The molecule has 0 spiro atoms. The molecule has 3 aromatic rings. The Morgan fingerprint density at radius 1 is 1.02 bits per heavy atom. The van der Waals surface area contributed by atoms with Crippen LogP contribution in [0, 0.1) is 18.8 Å². The summed E-state index contributed by atoms with van der Waals surface area (Å²) >= 11 is 0. The minimum atomic E-state index is -4.58. The molecule has 0 unspecified atom stereocenters. The van der Waals surface area contributed by atoms with Crippen molar-refractivity contribution in [1.82, 2.24) is 14.3 Å². The van der Waals surface area contributed by atoms with E-state index in [0.29, 0.717) is 49.9 Å². The van der Waals surface area contributed by atoms with Crippen molar-refractivity contribution < 1.29 is 36.2 Å². The summed E-state index contributed by atoms with van der Waals surface area (Å²) in [6, 6.07) is 8.26. The molecule has 13 heteroatoms. The molecule has 0 atom stereocenters. The fourth-order valence-corrected chi connectivity index (χ4v) is 7.56. The van der Waals surface area contributed by atoms with Gasteiger partial charge in [0.1, 0.15) is 16.5 Å². The number of amides is 1. The summed E-state index contributed by atoms with van der Waals surface area (Å²) in [7, 11) is -2.42. The predicted molar refractivity (Wildman–Crippen MR) is 162 cm³/mol. The van der Waals surface area contributed by atoms with Crippen molar-refractivity contribution in [2.75, 3.05) is 31.6 Å². The Kier molecular flexibility index (Phi) is 9.80. The molecule has 9 nitrogen and oxygen atoms in total. The highest BCUT2D eigenvalue weighted by Crippen LogP contribution is 2.37. The second-order valence-electron chi connectivity index (χ2n) is 11.9. The number of methoxy groups -OCH3 is 1. The van der Waals surface area contributed by atoms with E-state index < -0.39 is 27.9 Å². The van der Waals surface area contributed by atoms with Gasteiger partial charge in [0.25, 0.3) is 0 Å². The zero-order chi connectivity index (χ0) is 32.4. The molecule has 1 amide bonds. The number of carbonyl (C=O) groups is 1. The van der Waals surface area contributed by atoms with E-state index in [4.69, 9.17) is 4.74 Å². The standard InChI is InChI=1S/C32H37F3N4O5S/c1-21-13-29(19-36-18-21)45(42,43)38-11-8-22(9-12-38)20-39(31(41)23-3-5-27(40)6-4-23)30-16-24(7-10-37-30)25-14-26(32(33,34)35)17-28(15-25)44-2/h7,10,13-19,22-23,27,40H,3-6,8-9,11-12,20H2,1-2H3. The van der Waals surface area contributed by atoms with Gasteiger partial charge in [-0.15, -0.1) is 0 Å². The van der Waals surface area contributed by atoms with E-state index >= 15 is 0 Å². The zero-order valence-corrected chi connectivity index (χ0v) is 26.0. The van der Waals surface area contributed by atoms with Crippen molar-refractivity contribution in [2.24, 2.45) is 11.8 Å². The van der Waals surface area contributed by atoms with Gasteiger partial charge in [-0.25, -0.2) is 13.4 Å². The Morgan fingerprint density at radius 3 is 2.38 bits per heavy atom. The summed E-state index contributed by atoms with van der Waals surface area (Å²) in [5, 5.41) is 10.0. The van der Waals surface area contributed by atoms with Gasteiger partial charge >= 0.3 is 6.18 Å². The highest BCUT2D eigenvalue weighted by Gasteiger charge is 2.35. The minimum Gasteiger partial charge on any atom is -0.497 e. The molecule has 1 aliphatic carbocycles. The third-order valence-electron chi connectivity index (χ3n) is 8.64. The number of hydrogen-bond donors (Lipinski definition) is 1. The molecule has 1 N–H and O–H groups in total. The van der Waals surface area contributed by atoms with E-state index in [9.17, 15) is 31.5 Å². The van der Waals surface area contributed by atoms with Crippen molar-refractivity contribution in [2.45, 2.75) is 62.6 Å². The van der Waals surface area contributed by atoms with Gasteiger partial charge in [-0.2, -0.15) is 17.5 Å². The van der Waals surface area contributed by atoms with Gasteiger partial charge in [0.05, 0.1) is 18.8 Å². The summed E-state index contributed by atoms with van der Waals surface area (Å²) < 4.78 is 74.0. The summed E-state index contributed by atoms with van der Waals surface area (Å²) in [5.74, 6) is -0.170. The molecule has 1 saturated carbocycles. The SMILES string of the molecule is COc1cc(-c2ccnc(N(CC3CCN(S(=O)(=O)c4cncc(C)c4)CC3)C(=O)C3CCC(O)CC3)c2)cc(C(F)(F)F)c1. The first-order valence-electron chi connectivity index (χ1n) is 15.0. The molecule has 0 bridgehead atoms. The second kappa shape index (κ2) is 13.4. The van der Waals surface area contributed by atoms with E-state index in [2.05, 4.69) is 9.97 Å². The summed E-state index contributed by atoms with van der Waals surface area (Å²) in [6.45, 7) is 2.61. The lowest BCUT2D eigenvalue weighted by molar-refractivity contribution is -0.137. The van der Waals surface area contributed by atoms with Crippen molar-refractivity contribution in [1.29, 1.82) is 0 Å². The number of piperidine rings is 1. The van der Waals surface area contributed by atoms with Crippen LogP contribution in [0.4, 0.5) is 19.0 Å². The normalized spacial score (nSPS) is 20.1. The molecule has 1 aliphatic heterocycles. The van der Waals surface area contributed by atoms with Crippen LogP contribution in [0.15, 0.2) is 59.9 Å². The Labute approximate surface area is 261 Å². The highest BCUT2D eigenvalue weighted by molar-refractivity contribution is 7.89. The lowest BCUT2D eigenvalue weighted by atomic mass is 9.86. The molecule has 2 fully saturated rings. The number of carbonyl (C=O) groups excluding carboxylic acids is 1. The van der Waals surface area contributed by atoms with Gasteiger partial charge < -0.3 is 9.84 Å². The number of ether oxygens (including phenoxy) is 1. The van der Waals surface area contributed by atoms with Gasteiger partial charge in [0.2, 0.25) is 15.9 Å². The number of benzene rings is 1. The molecule has 1 aromatic carbocycles. The number of hydrogen-bond acceptors (Lipinski definition) is 7. The molecule has 0 radical (unpaired) electrons. The molecule has 2 aliphatic rings. The van der Waals surface area contributed by atoms with E-state index in [1.807, 2.05) is 0 Å². The van der Waals surface area contributed by atoms with Crippen LogP contribution < -0.4 is 9.64 Å². The van der Waals surface area contributed by atoms with Crippen LogP contribution in [0.5, 0.6) is 5.75 Å². The number of aliphatic hydroxyl groups excluding tert-OH is 1. The number of sulfonamides is 1. The number of halogens is 3. The minimum absolute atomic E-state index is 0.0377. The number of aliphatic hydroxyl groups is 1. The second-order valence-corrected chi connectivity index (χ2v) is 13.8. The zero-order valence-electron chi connectivity index (χ0n) is 25.2. The first kappa shape index (κ1) is 32.8. The van der Waals surface area contributed by atoms with E-state index in [1.54, 1.807) is 36.2 Å². The average Bonchev–Trinajstić information content (AvgIpc) is 3.03. The summed E-state index contributed by atoms with van der Waals surface area (Å²) in [5.41, 5.74) is 0.595. The fourth-order valence-electron chi connectivity index (χ4n) is 6.04. The largest absolute Gasteiger partial charge is 0.497 e. The predicted octanol–water partition coefficient (Wildman–Crippen LogP) is 5.46. The van der Waals surface area contributed by atoms with Crippen LogP contribution in [0.2, 0.25) is 0 Å². The Hall–Kier alpha value is -3.55. The maximum atomic E-state index is 14.0. The Balaban J connectivity index is 1.40. The van der Waals surface area contributed by atoms with E-state index in [0.717, 1.165) is 17.7 Å². The molecule has 242 valence electrons. The average molecular weight is 647 g/mol. The molecule has 45 heavy (non-hydrogen) atoms. The molecule has 1 saturated heterocycles. The topological polar surface area (TPSA) is 113 Å². The van der Waals surface area contributed by atoms with Gasteiger partial charge in [-0.1, -0.05) is 0 Å². The molecule has 2 aromatic heterocycles. The van der Waals surface area contributed by atoms with Crippen molar-refractivity contribution in [3.63, 3.8) is 0 Å². The number of aromatic nitrogens is 2. The van der Waals surface area contributed by atoms with Crippen LogP contribution >= 0.6 is 0 Å². The number of alkyl halides is 3. The third-order valence-corrected chi connectivity index (χ3v) is 10.5. The number of rotatable bonds is 8.